The van der Waals surface area contributed by atoms with Gasteiger partial charge in [-0.25, -0.2) is 0 Å². The van der Waals surface area contributed by atoms with Crippen LogP contribution in [-0.2, 0) is 0 Å². The Morgan fingerprint density at radius 2 is 2.33 bits per heavy atom. The van der Waals surface area contributed by atoms with Crippen molar-refractivity contribution in [2.45, 2.75) is 25.4 Å². The SMILES string of the molecule is CC(O)(CCN)C1C=CC=CC1. The molecule has 0 saturated heterocycles. The predicted molar refractivity (Wildman–Crippen MR) is 50.7 cm³/mol. The van der Waals surface area contributed by atoms with E-state index in [9.17, 15) is 5.11 Å². The van der Waals surface area contributed by atoms with Crippen LogP contribution in [-0.4, -0.2) is 17.3 Å². The second-order valence-electron chi connectivity index (χ2n) is 3.55. The summed E-state index contributed by atoms with van der Waals surface area (Å²) in [6.07, 6.45) is 9.71. The van der Waals surface area contributed by atoms with Gasteiger partial charge in [0.2, 0.25) is 0 Å². The fourth-order valence-corrected chi connectivity index (χ4v) is 1.52. The van der Waals surface area contributed by atoms with E-state index in [1.54, 1.807) is 0 Å². The second-order valence-corrected chi connectivity index (χ2v) is 3.55. The van der Waals surface area contributed by atoms with Crippen LogP contribution < -0.4 is 5.73 Å². The minimum atomic E-state index is -0.643. The molecule has 2 heteroatoms. The van der Waals surface area contributed by atoms with Crippen LogP contribution in [0.1, 0.15) is 19.8 Å². The lowest BCUT2D eigenvalue weighted by atomic mass is 9.82. The lowest BCUT2D eigenvalue weighted by Crippen LogP contribution is -2.35. The van der Waals surface area contributed by atoms with Crippen LogP contribution in [0.15, 0.2) is 24.3 Å². The standard InChI is InChI=1S/C10H17NO/c1-10(12,7-8-11)9-5-3-2-4-6-9/h2-5,9,12H,6-8,11H2,1H3. The summed E-state index contributed by atoms with van der Waals surface area (Å²) in [4.78, 5) is 0. The van der Waals surface area contributed by atoms with E-state index in [4.69, 9.17) is 5.73 Å². The Morgan fingerprint density at radius 3 is 2.83 bits per heavy atom. The normalized spacial score (nSPS) is 27.1. The molecule has 2 nitrogen and oxygen atoms in total. The predicted octanol–water partition coefficient (Wildman–Crippen LogP) is 1.22. The summed E-state index contributed by atoms with van der Waals surface area (Å²) in [7, 11) is 0. The van der Waals surface area contributed by atoms with Gasteiger partial charge in [0.15, 0.2) is 0 Å². The first kappa shape index (κ1) is 9.49. The zero-order chi connectivity index (χ0) is 9.03. The lowest BCUT2D eigenvalue weighted by molar-refractivity contribution is 0.0126. The van der Waals surface area contributed by atoms with E-state index in [2.05, 4.69) is 12.2 Å². The molecule has 0 aliphatic heterocycles. The summed E-state index contributed by atoms with van der Waals surface area (Å²) < 4.78 is 0. The van der Waals surface area contributed by atoms with E-state index >= 15 is 0 Å². The van der Waals surface area contributed by atoms with Gasteiger partial charge in [-0.3, -0.25) is 0 Å². The summed E-state index contributed by atoms with van der Waals surface area (Å²) in [6.45, 7) is 2.40. The summed E-state index contributed by atoms with van der Waals surface area (Å²) in [5.41, 5.74) is 4.78. The largest absolute Gasteiger partial charge is 0.390 e. The van der Waals surface area contributed by atoms with E-state index in [1.165, 1.54) is 0 Å². The van der Waals surface area contributed by atoms with Crippen LogP contribution in [0, 0.1) is 5.92 Å². The van der Waals surface area contributed by atoms with E-state index in [0.29, 0.717) is 13.0 Å². The number of aliphatic hydroxyl groups is 1. The zero-order valence-corrected chi connectivity index (χ0v) is 7.53. The molecular weight excluding hydrogens is 150 g/mol. The molecule has 0 saturated carbocycles. The summed E-state index contributed by atoms with van der Waals surface area (Å²) in [6, 6.07) is 0. The molecule has 0 aromatic rings. The Bertz CT molecular complexity index is 194. The molecule has 2 atom stereocenters. The van der Waals surface area contributed by atoms with Crippen molar-refractivity contribution in [1.29, 1.82) is 0 Å². The molecule has 68 valence electrons. The first-order valence-corrected chi connectivity index (χ1v) is 4.42. The minimum Gasteiger partial charge on any atom is -0.390 e. The molecule has 0 fully saturated rings. The molecule has 3 N–H and O–H groups in total. The number of nitrogens with two attached hydrogens (primary N) is 1. The fourth-order valence-electron chi connectivity index (χ4n) is 1.52. The molecule has 0 aromatic carbocycles. The summed E-state index contributed by atoms with van der Waals surface area (Å²) >= 11 is 0. The first-order valence-electron chi connectivity index (χ1n) is 4.42. The van der Waals surface area contributed by atoms with Crippen LogP contribution in [0.25, 0.3) is 0 Å². The van der Waals surface area contributed by atoms with Crippen molar-refractivity contribution in [3.8, 4) is 0 Å². The van der Waals surface area contributed by atoms with Gasteiger partial charge in [-0.1, -0.05) is 24.3 Å². The van der Waals surface area contributed by atoms with Crippen molar-refractivity contribution >= 4 is 0 Å². The Morgan fingerprint density at radius 1 is 1.58 bits per heavy atom. The highest BCUT2D eigenvalue weighted by atomic mass is 16.3. The molecule has 0 spiro atoms. The van der Waals surface area contributed by atoms with Gasteiger partial charge >= 0.3 is 0 Å². The molecule has 0 radical (unpaired) electrons. The van der Waals surface area contributed by atoms with Gasteiger partial charge in [-0.05, 0) is 26.3 Å². The minimum absolute atomic E-state index is 0.228. The number of hydrogen-bond donors (Lipinski definition) is 2. The molecule has 0 aromatic heterocycles. The molecular formula is C10H17NO. The molecule has 12 heavy (non-hydrogen) atoms. The maximum Gasteiger partial charge on any atom is 0.0697 e. The molecule has 0 heterocycles. The average Bonchev–Trinajstić information content (AvgIpc) is 2.06. The van der Waals surface area contributed by atoms with Crippen molar-refractivity contribution in [1.82, 2.24) is 0 Å². The second kappa shape index (κ2) is 3.87. The number of rotatable bonds is 3. The topological polar surface area (TPSA) is 46.2 Å². The van der Waals surface area contributed by atoms with Crippen LogP contribution in [0.3, 0.4) is 0 Å². The van der Waals surface area contributed by atoms with Crippen LogP contribution in [0.2, 0.25) is 0 Å². The van der Waals surface area contributed by atoms with Gasteiger partial charge in [0.05, 0.1) is 5.60 Å². The highest BCUT2D eigenvalue weighted by Gasteiger charge is 2.28. The molecule has 2 unspecified atom stereocenters. The van der Waals surface area contributed by atoms with Gasteiger partial charge < -0.3 is 10.8 Å². The van der Waals surface area contributed by atoms with Crippen molar-refractivity contribution in [3.05, 3.63) is 24.3 Å². The monoisotopic (exact) mass is 167 g/mol. The third-order valence-corrected chi connectivity index (χ3v) is 2.43. The summed E-state index contributed by atoms with van der Waals surface area (Å²) in [5.74, 6) is 0.228. The third-order valence-electron chi connectivity index (χ3n) is 2.43. The van der Waals surface area contributed by atoms with Gasteiger partial charge in [-0.2, -0.15) is 0 Å². The maximum atomic E-state index is 9.97. The first-order chi connectivity index (χ1) is 5.67. The summed E-state index contributed by atoms with van der Waals surface area (Å²) in [5, 5.41) is 9.97. The van der Waals surface area contributed by atoms with Gasteiger partial charge in [-0.15, -0.1) is 0 Å². The van der Waals surface area contributed by atoms with E-state index < -0.39 is 5.60 Å². The van der Waals surface area contributed by atoms with E-state index in [1.807, 2.05) is 19.1 Å². The Balaban J connectivity index is 2.56. The highest BCUT2D eigenvalue weighted by molar-refractivity contribution is 5.14. The number of hydrogen-bond acceptors (Lipinski definition) is 2. The Kier molecular flexibility index (Phi) is 3.06. The average molecular weight is 167 g/mol. The number of allylic oxidation sites excluding steroid dienone is 3. The quantitative estimate of drug-likeness (QED) is 0.664. The van der Waals surface area contributed by atoms with Gasteiger partial charge in [0, 0.05) is 5.92 Å². The maximum absolute atomic E-state index is 9.97. The highest BCUT2D eigenvalue weighted by Crippen LogP contribution is 2.27. The van der Waals surface area contributed by atoms with E-state index in [0.717, 1.165) is 6.42 Å². The Labute approximate surface area is 73.8 Å². The van der Waals surface area contributed by atoms with E-state index in [-0.39, 0.29) is 5.92 Å². The van der Waals surface area contributed by atoms with Crippen LogP contribution >= 0.6 is 0 Å². The van der Waals surface area contributed by atoms with Crippen molar-refractivity contribution in [3.63, 3.8) is 0 Å². The lowest BCUT2D eigenvalue weighted by Gasteiger charge is -2.30. The smallest absolute Gasteiger partial charge is 0.0697 e. The molecule has 0 amide bonds. The fraction of sp³-hybridized carbons (Fsp3) is 0.600. The van der Waals surface area contributed by atoms with Gasteiger partial charge in [0.25, 0.3) is 0 Å². The molecule has 0 bridgehead atoms. The van der Waals surface area contributed by atoms with Crippen LogP contribution in [0.4, 0.5) is 0 Å². The van der Waals surface area contributed by atoms with Crippen molar-refractivity contribution in [2.24, 2.45) is 11.7 Å². The van der Waals surface area contributed by atoms with Gasteiger partial charge in [0.1, 0.15) is 0 Å². The molecule has 1 aliphatic rings. The van der Waals surface area contributed by atoms with Crippen molar-refractivity contribution in [2.75, 3.05) is 6.54 Å². The Hall–Kier alpha value is -0.600. The third kappa shape index (κ3) is 2.19. The zero-order valence-electron chi connectivity index (χ0n) is 7.53. The van der Waals surface area contributed by atoms with Crippen molar-refractivity contribution < 1.29 is 5.11 Å². The van der Waals surface area contributed by atoms with Crippen LogP contribution in [0.5, 0.6) is 0 Å². The molecule has 1 aliphatic carbocycles. The molecule has 1 rings (SSSR count).